The monoisotopic (exact) mass is 575 g/mol. The van der Waals surface area contributed by atoms with Crippen LogP contribution in [0.25, 0.3) is 17.0 Å². The highest BCUT2D eigenvalue weighted by Gasteiger charge is 2.30. The topological polar surface area (TPSA) is 68.2 Å². The molecule has 0 amide bonds. The zero-order valence-corrected chi connectivity index (χ0v) is 22.9. The number of aromatic nitrogens is 1. The minimum atomic E-state index is -0.140. The molecule has 38 heavy (non-hydrogen) atoms. The molecule has 7 nitrogen and oxygen atoms in total. The molecule has 3 heterocycles. The number of carbonyl (C=O) groups is 1. The standard InChI is InChI=1S/C30H26BrNO6/c1-4-32-13-18(24-11-22(34-3)5-6-25(24)32)10-27-29(33)28-17(2)7-23(12-26(28)38-27)36-15-20-9-21(31)8-19-14-35-16-37-30(19)20/h5-13H,4,14-16H2,1-3H3/b27-10-. The van der Waals surface area contributed by atoms with E-state index in [0.717, 1.165) is 55.7 Å². The second-order valence-electron chi connectivity index (χ2n) is 9.26. The van der Waals surface area contributed by atoms with Crippen LogP contribution < -0.4 is 18.9 Å². The lowest BCUT2D eigenvalue weighted by Crippen LogP contribution is -2.14. The van der Waals surface area contributed by atoms with E-state index in [9.17, 15) is 4.79 Å². The van der Waals surface area contributed by atoms with Gasteiger partial charge < -0.3 is 28.3 Å². The summed E-state index contributed by atoms with van der Waals surface area (Å²) in [6, 6.07) is 13.5. The van der Waals surface area contributed by atoms with Gasteiger partial charge >= 0.3 is 0 Å². The summed E-state index contributed by atoms with van der Waals surface area (Å²) in [5, 5.41) is 0.997. The van der Waals surface area contributed by atoms with Crippen molar-refractivity contribution in [3.05, 3.63) is 86.7 Å². The van der Waals surface area contributed by atoms with Crippen molar-refractivity contribution in [2.24, 2.45) is 0 Å². The minimum absolute atomic E-state index is 0.140. The molecule has 2 aliphatic rings. The van der Waals surface area contributed by atoms with Crippen LogP contribution in [0.2, 0.25) is 0 Å². The Bertz CT molecular complexity index is 1620. The van der Waals surface area contributed by atoms with Gasteiger partial charge in [0.2, 0.25) is 5.78 Å². The van der Waals surface area contributed by atoms with E-state index in [2.05, 4.69) is 27.4 Å². The number of halogens is 1. The SMILES string of the molecule is CCn1cc(/C=C2\Oc3cc(OCc4cc(Br)cc5c4OCOC5)cc(C)c3C2=O)c2cc(OC)ccc21. The van der Waals surface area contributed by atoms with Gasteiger partial charge in [-0.1, -0.05) is 15.9 Å². The second kappa shape index (κ2) is 9.85. The number of nitrogens with zero attached hydrogens (tertiary/aromatic N) is 1. The minimum Gasteiger partial charge on any atom is -0.497 e. The van der Waals surface area contributed by atoms with E-state index in [0.29, 0.717) is 30.3 Å². The van der Waals surface area contributed by atoms with Gasteiger partial charge in [0.05, 0.1) is 19.3 Å². The molecule has 6 rings (SSSR count). The van der Waals surface area contributed by atoms with Crippen molar-refractivity contribution in [3.8, 4) is 23.0 Å². The summed E-state index contributed by atoms with van der Waals surface area (Å²) in [5.74, 6) is 2.80. The summed E-state index contributed by atoms with van der Waals surface area (Å²) in [6.45, 7) is 5.80. The fourth-order valence-electron chi connectivity index (χ4n) is 5.03. The number of hydrogen-bond acceptors (Lipinski definition) is 6. The number of hydrogen-bond donors (Lipinski definition) is 0. The molecule has 2 aliphatic heterocycles. The van der Waals surface area contributed by atoms with Gasteiger partial charge in [-0.25, -0.2) is 0 Å². The van der Waals surface area contributed by atoms with Gasteiger partial charge in [-0.3, -0.25) is 4.79 Å². The highest BCUT2D eigenvalue weighted by atomic mass is 79.9. The fourth-order valence-corrected chi connectivity index (χ4v) is 5.59. The molecule has 0 bridgehead atoms. The molecule has 0 radical (unpaired) electrons. The van der Waals surface area contributed by atoms with Crippen LogP contribution in [0.3, 0.4) is 0 Å². The molecular weight excluding hydrogens is 550 g/mol. The highest BCUT2D eigenvalue weighted by Crippen LogP contribution is 2.39. The molecule has 0 N–H and O–H groups in total. The molecule has 1 aromatic heterocycles. The Morgan fingerprint density at radius 3 is 2.82 bits per heavy atom. The molecule has 0 aliphatic carbocycles. The van der Waals surface area contributed by atoms with Crippen molar-refractivity contribution in [1.82, 2.24) is 4.57 Å². The summed E-state index contributed by atoms with van der Waals surface area (Å²) in [7, 11) is 1.64. The largest absolute Gasteiger partial charge is 0.497 e. The predicted octanol–water partition coefficient (Wildman–Crippen LogP) is 6.80. The van der Waals surface area contributed by atoms with Gasteiger partial charge in [0.25, 0.3) is 0 Å². The number of carbonyl (C=O) groups excluding carboxylic acids is 1. The van der Waals surface area contributed by atoms with Gasteiger partial charge in [-0.15, -0.1) is 0 Å². The molecule has 3 aromatic carbocycles. The van der Waals surface area contributed by atoms with Crippen molar-refractivity contribution in [3.63, 3.8) is 0 Å². The molecule has 0 fully saturated rings. The molecule has 0 spiro atoms. The number of fused-ring (bicyclic) bond motifs is 3. The van der Waals surface area contributed by atoms with Gasteiger partial charge in [0, 0.05) is 50.9 Å². The van der Waals surface area contributed by atoms with Crippen molar-refractivity contribution in [2.45, 2.75) is 33.6 Å². The fraction of sp³-hybridized carbons (Fsp3) is 0.233. The first-order valence-electron chi connectivity index (χ1n) is 12.4. The lowest BCUT2D eigenvalue weighted by atomic mass is 10.0. The number of allylic oxidation sites excluding steroid dienone is 1. The van der Waals surface area contributed by atoms with Crippen LogP contribution in [0.1, 0.15) is 39.5 Å². The van der Waals surface area contributed by atoms with Crippen LogP contribution in [0.15, 0.2) is 58.9 Å². The van der Waals surface area contributed by atoms with Crippen LogP contribution in [-0.2, 0) is 24.5 Å². The number of rotatable bonds is 6. The molecule has 8 heteroatoms. The summed E-state index contributed by atoms with van der Waals surface area (Å²) in [6.07, 6.45) is 3.84. The van der Waals surface area contributed by atoms with Crippen molar-refractivity contribution < 1.29 is 28.5 Å². The first-order chi connectivity index (χ1) is 18.4. The average molecular weight is 576 g/mol. The van der Waals surface area contributed by atoms with E-state index in [1.165, 1.54) is 0 Å². The molecule has 4 aromatic rings. The van der Waals surface area contributed by atoms with E-state index >= 15 is 0 Å². The quantitative estimate of drug-likeness (QED) is 0.235. The maximum atomic E-state index is 13.3. The normalized spacial score (nSPS) is 15.3. The Balaban J connectivity index is 1.29. The molecule has 0 unspecified atom stereocenters. The maximum absolute atomic E-state index is 13.3. The van der Waals surface area contributed by atoms with Gasteiger partial charge in [-0.05, 0) is 61.9 Å². The number of aryl methyl sites for hydroxylation is 2. The van der Waals surface area contributed by atoms with E-state index in [-0.39, 0.29) is 18.3 Å². The van der Waals surface area contributed by atoms with Crippen LogP contribution in [0, 0.1) is 6.92 Å². The Hall–Kier alpha value is -3.75. The van der Waals surface area contributed by atoms with Crippen LogP contribution in [-0.4, -0.2) is 24.3 Å². The summed E-state index contributed by atoms with van der Waals surface area (Å²) < 4.78 is 31.9. The van der Waals surface area contributed by atoms with E-state index in [1.807, 2.05) is 55.6 Å². The number of methoxy groups -OCH3 is 1. The van der Waals surface area contributed by atoms with E-state index in [1.54, 1.807) is 13.2 Å². The van der Waals surface area contributed by atoms with Gasteiger partial charge in [-0.2, -0.15) is 0 Å². The second-order valence-corrected chi connectivity index (χ2v) is 10.2. The molecule has 0 saturated carbocycles. The predicted molar refractivity (Wildman–Crippen MR) is 147 cm³/mol. The van der Waals surface area contributed by atoms with Crippen molar-refractivity contribution in [1.29, 1.82) is 0 Å². The van der Waals surface area contributed by atoms with Gasteiger partial charge in [0.15, 0.2) is 12.6 Å². The van der Waals surface area contributed by atoms with Crippen molar-refractivity contribution in [2.75, 3.05) is 13.9 Å². The van der Waals surface area contributed by atoms with Gasteiger partial charge in [0.1, 0.15) is 29.6 Å². The lowest BCUT2D eigenvalue weighted by Gasteiger charge is -2.21. The zero-order valence-electron chi connectivity index (χ0n) is 21.3. The number of ether oxygens (including phenoxy) is 5. The lowest BCUT2D eigenvalue weighted by molar-refractivity contribution is -0.0176. The first-order valence-corrected chi connectivity index (χ1v) is 13.1. The van der Waals surface area contributed by atoms with Crippen LogP contribution in [0.5, 0.6) is 23.0 Å². The number of Topliss-reactive ketones (excluding diaryl/α,β-unsaturated/α-hetero) is 1. The molecule has 194 valence electrons. The number of ketones is 1. The highest BCUT2D eigenvalue weighted by molar-refractivity contribution is 9.10. The zero-order chi connectivity index (χ0) is 26.4. The van der Waals surface area contributed by atoms with Crippen LogP contribution >= 0.6 is 15.9 Å². The first kappa shape index (κ1) is 24.6. The van der Waals surface area contributed by atoms with Crippen molar-refractivity contribution >= 4 is 38.7 Å². The molecule has 0 saturated heterocycles. The maximum Gasteiger partial charge on any atom is 0.232 e. The third-order valence-electron chi connectivity index (χ3n) is 6.84. The number of benzene rings is 3. The third kappa shape index (κ3) is 4.33. The summed E-state index contributed by atoms with van der Waals surface area (Å²) in [5.41, 5.74) is 5.20. The van der Waals surface area contributed by atoms with Crippen LogP contribution in [0.4, 0.5) is 0 Å². The third-order valence-corrected chi connectivity index (χ3v) is 7.29. The Kier molecular flexibility index (Phi) is 6.37. The summed E-state index contributed by atoms with van der Waals surface area (Å²) in [4.78, 5) is 13.3. The Morgan fingerprint density at radius 1 is 1.13 bits per heavy atom. The summed E-state index contributed by atoms with van der Waals surface area (Å²) >= 11 is 3.55. The smallest absolute Gasteiger partial charge is 0.232 e. The molecular formula is C30H26BrNO6. The van der Waals surface area contributed by atoms with E-state index < -0.39 is 0 Å². The van der Waals surface area contributed by atoms with E-state index in [4.69, 9.17) is 23.7 Å². The molecule has 0 atom stereocenters. The Morgan fingerprint density at radius 2 is 2.00 bits per heavy atom. The average Bonchev–Trinajstić information content (AvgIpc) is 3.43. The Labute approximate surface area is 228 Å².